The lowest BCUT2D eigenvalue weighted by molar-refractivity contribution is -0.137. The number of carbonyl (C=O) groups is 2. The topological polar surface area (TPSA) is 75.4 Å². The lowest BCUT2D eigenvalue weighted by Crippen LogP contribution is -2.46. The summed E-state index contributed by atoms with van der Waals surface area (Å²) in [5.41, 5.74) is 0.819. The van der Waals surface area contributed by atoms with E-state index in [0.717, 1.165) is 23.5 Å². The molecule has 0 aliphatic carbocycles. The van der Waals surface area contributed by atoms with Gasteiger partial charge in [0.1, 0.15) is 16.1 Å². The molecule has 1 aliphatic rings. The van der Waals surface area contributed by atoms with E-state index in [0.29, 0.717) is 52.6 Å². The molecule has 1 aliphatic heterocycles. The van der Waals surface area contributed by atoms with Gasteiger partial charge in [0.05, 0.1) is 23.1 Å². The Morgan fingerprint density at radius 2 is 1.84 bits per heavy atom. The van der Waals surface area contributed by atoms with Crippen molar-refractivity contribution in [1.29, 1.82) is 0 Å². The van der Waals surface area contributed by atoms with Crippen LogP contribution in [0.25, 0.3) is 10.6 Å². The fraction of sp³-hybridized carbons (Fsp3) is 0.318. The molecule has 32 heavy (non-hydrogen) atoms. The van der Waals surface area contributed by atoms with Crippen LogP contribution in [0.5, 0.6) is 0 Å². The zero-order valence-electron chi connectivity index (χ0n) is 17.1. The summed E-state index contributed by atoms with van der Waals surface area (Å²) in [6.07, 6.45) is -0.285. The highest BCUT2D eigenvalue weighted by atomic mass is 32.1. The third kappa shape index (κ3) is 4.69. The van der Waals surface area contributed by atoms with Crippen molar-refractivity contribution in [2.45, 2.75) is 32.0 Å². The molecule has 0 atom stereocenters. The molecule has 0 radical (unpaired) electrons. The van der Waals surface area contributed by atoms with E-state index in [1.165, 1.54) is 24.7 Å². The summed E-state index contributed by atoms with van der Waals surface area (Å²) >= 11 is 1.15. The summed E-state index contributed by atoms with van der Waals surface area (Å²) < 4.78 is 43.3. The van der Waals surface area contributed by atoms with Crippen molar-refractivity contribution in [2.24, 2.45) is 0 Å². The maximum atomic E-state index is 12.8. The Labute approximate surface area is 186 Å². The predicted molar refractivity (Wildman–Crippen MR) is 112 cm³/mol. The van der Waals surface area contributed by atoms with Crippen LogP contribution in [0.1, 0.15) is 44.1 Å². The second-order valence-corrected chi connectivity index (χ2v) is 8.56. The lowest BCUT2D eigenvalue weighted by atomic mass is 10.0. The number of benzene rings is 1. The number of aryl methyl sites for hydroxylation is 1. The van der Waals surface area contributed by atoms with Gasteiger partial charge in [0.25, 0.3) is 11.8 Å². The van der Waals surface area contributed by atoms with E-state index in [-0.39, 0.29) is 17.9 Å². The first-order valence-corrected chi connectivity index (χ1v) is 10.8. The molecular weight excluding hydrogens is 443 g/mol. The molecule has 10 heteroatoms. The largest absolute Gasteiger partial charge is 0.472 e. The Morgan fingerprint density at radius 3 is 2.44 bits per heavy atom. The van der Waals surface area contributed by atoms with E-state index in [1.54, 1.807) is 17.9 Å². The molecule has 0 unspecified atom stereocenters. The highest BCUT2D eigenvalue weighted by Gasteiger charge is 2.30. The van der Waals surface area contributed by atoms with Crippen molar-refractivity contribution in [3.8, 4) is 10.6 Å². The van der Waals surface area contributed by atoms with Gasteiger partial charge in [-0.25, -0.2) is 4.98 Å². The van der Waals surface area contributed by atoms with Gasteiger partial charge in [-0.1, -0.05) is 12.1 Å². The first-order valence-electron chi connectivity index (χ1n) is 10.00. The minimum atomic E-state index is -4.40. The van der Waals surface area contributed by atoms with Crippen LogP contribution < -0.4 is 5.32 Å². The number of carbonyl (C=O) groups excluding carboxylic acids is 2. The number of hydrogen-bond acceptors (Lipinski definition) is 5. The molecule has 1 fully saturated rings. The van der Waals surface area contributed by atoms with Gasteiger partial charge in [-0.2, -0.15) is 13.2 Å². The Morgan fingerprint density at radius 1 is 1.16 bits per heavy atom. The van der Waals surface area contributed by atoms with E-state index in [9.17, 15) is 22.8 Å². The quantitative estimate of drug-likeness (QED) is 0.605. The van der Waals surface area contributed by atoms with Crippen molar-refractivity contribution in [3.63, 3.8) is 0 Å². The molecule has 1 N–H and O–H groups in total. The number of alkyl halides is 3. The van der Waals surface area contributed by atoms with Gasteiger partial charge in [0.2, 0.25) is 0 Å². The zero-order valence-corrected chi connectivity index (χ0v) is 17.9. The van der Waals surface area contributed by atoms with E-state index >= 15 is 0 Å². The van der Waals surface area contributed by atoms with Gasteiger partial charge in [0, 0.05) is 24.7 Å². The Hall–Kier alpha value is -3.14. The minimum Gasteiger partial charge on any atom is -0.472 e. The Kier molecular flexibility index (Phi) is 6.05. The zero-order chi connectivity index (χ0) is 22.9. The molecule has 2 amide bonds. The molecule has 3 heterocycles. The van der Waals surface area contributed by atoms with Gasteiger partial charge in [-0.15, -0.1) is 11.3 Å². The molecule has 1 aromatic carbocycles. The molecule has 4 rings (SSSR count). The van der Waals surface area contributed by atoms with E-state index in [1.807, 2.05) is 0 Å². The fourth-order valence-corrected chi connectivity index (χ4v) is 4.55. The van der Waals surface area contributed by atoms with Crippen LogP contribution in [0.4, 0.5) is 13.2 Å². The molecule has 168 valence electrons. The highest BCUT2D eigenvalue weighted by Crippen LogP contribution is 2.33. The van der Waals surface area contributed by atoms with E-state index in [4.69, 9.17) is 4.42 Å². The van der Waals surface area contributed by atoms with Crippen molar-refractivity contribution in [2.75, 3.05) is 13.1 Å². The molecule has 0 spiro atoms. The number of halogens is 3. The summed E-state index contributed by atoms with van der Waals surface area (Å²) in [6, 6.07) is 6.27. The summed E-state index contributed by atoms with van der Waals surface area (Å²) in [4.78, 5) is 31.7. The number of furan rings is 1. The van der Waals surface area contributed by atoms with Gasteiger partial charge in [-0.3, -0.25) is 9.59 Å². The monoisotopic (exact) mass is 463 g/mol. The maximum Gasteiger partial charge on any atom is 0.416 e. The molecule has 3 aromatic rings. The Balaban J connectivity index is 1.37. The Bertz CT molecular complexity index is 1100. The molecule has 0 saturated carbocycles. The van der Waals surface area contributed by atoms with Crippen molar-refractivity contribution < 1.29 is 27.2 Å². The molecule has 1 saturated heterocycles. The third-order valence-corrected chi connectivity index (χ3v) is 6.55. The van der Waals surface area contributed by atoms with Crippen LogP contribution in [0.2, 0.25) is 0 Å². The number of amides is 2. The predicted octanol–water partition coefficient (Wildman–Crippen LogP) is 4.76. The third-order valence-electron chi connectivity index (χ3n) is 5.35. The highest BCUT2D eigenvalue weighted by molar-refractivity contribution is 7.17. The van der Waals surface area contributed by atoms with Gasteiger partial charge in [-0.05, 0) is 38.0 Å². The summed E-state index contributed by atoms with van der Waals surface area (Å²) in [5.74, 6) is -0.360. The SMILES string of the molecule is Cc1nc(-c2ccc(C(F)(F)F)cc2)sc1C(=O)NC1CCN(C(=O)c2ccoc2)CC1. The second-order valence-electron chi connectivity index (χ2n) is 7.56. The number of piperidine rings is 1. The molecular formula is C22H20F3N3O3S. The average molecular weight is 463 g/mol. The van der Waals surface area contributed by atoms with Gasteiger partial charge >= 0.3 is 6.18 Å². The molecule has 0 bridgehead atoms. The number of hydrogen-bond donors (Lipinski definition) is 1. The first kappa shape index (κ1) is 22.1. The van der Waals surface area contributed by atoms with Crippen LogP contribution in [-0.2, 0) is 6.18 Å². The van der Waals surface area contributed by atoms with Gasteiger partial charge in [0.15, 0.2) is 0 Å². The number of thiazole rings is 1. The van der Waals surface area contributed by atoms with Crippen LogP contribution >= 0.6 is 11.3 Å². The maximum absolute atomic E-state index is 12.8. The first-order chi connectivity index (χ1) is 15.2. The smallest absolute Gasteiger partial charge is 0.416 e. The number of nitrogens with one attached hydrogen (secondary N) is 1. The van der Waals surface area contributed by atoms with Crippen LogP contribution in [0.3, 0.4) is 0 Å². The van der Waals surface area contributed by atoms with Crippen molar-refractivity contribution in [1.82, 2.24) is 15.2 Å². The molecule has 2 aromatic heterocycles. The second kappa shape index (κ2) is 8.78. The number of rotatable bonds is 4. The van der Waals surface area contributed by atoms with E-state index < -0.39 is 11.7 Å². The number of aromatic nitrogens is 1. The number of nitrogens with zero attached hydrogens (tertiary/aromatic N) is 2. The number of likely N-dealkylation sites (tertiary alicyclic amines) is 1. The average Bonchev–Trinajstić information content (AvgIpc) is 3.43. The fourth-order valence-electron chi connectivity index (χ4n) is 3.58. The van der Waals surface area contributed by atoms with Crippen LogP contribution in [0.15, 0.2) is 47.3 Å². The van der Waals surface area contributed by atoms with Crippen LogP contribution in [0, 0.1) is 6.92 Å². The van der Waals surface area contributed by atoms with Crippen molar-refractivity contribution >= 4 is 23.2 Å². The standard InChI is InChI=1S/C22H20F3N3O3S/c1-13-18(32-20(26-13)14-2-4-16(5-3-14)22(23,24)25)19(29)27-17-6-9-28(10-7-17)21(30)15-8-11-31-12-15/h2-5,8,11-12,17H,6-7,9-10H2,1H3,(H,27,29). The minimum absolute atomic E-state index is 0.0769. The van der Waals surface area contributed by atoms with Gasteiger partial charge < -0.3 is 14.6 Å². The summed E-state index contributed by atoms with van der Waals surface area (Å²) in [7, 11) is 0. The van der Waals surface area contributed by atoms with E-state index in [2.05, 4.69) is 10.3 Å². The van der Waals surface area contributed by atoms with Crippen LogP contribution in [-0.4, -0.2) is 40.8 Å². The summed E-state index contributed by atoms with van der Waals surface area (Å²) in [6.45, 7) is 2.74. The molecule has 6 nitrogen and oxygen atoms in total. The normalized spacial score (nSPS) is 15.1. The summed E-state index contributed by atoms with van der Waals surface area (Å²) in [5, 5.41) is 3.48. The lowest BCUT2D eigenvalue weighted by Gasteiger charge is -2.32. The van der Waals surface area contributed by atoms with Crippen molar-refractivity contribution in [3.05, 3.63) is 64.6 Å².